The number of benzene rings is 1. The van der Waals surface area contributed by atoms with Gasteiger partial charge in [-0.1, -0.05) is 44.2 Å². The van der Waals surface area contributed by atoms with Gasteiger partial charge in [0.1, 0.15) is 41.5 Å². The Morgan fingerprint density at radius 2 is 1.78 bits per heavy atom. The van der Waals surface area contributed by atoms with Crippen LogP contribution in [0.5, 0.6) is 5.75 Å². The molecular weight excluding hydrogens is 632 g/mol. The predicted octanol–water partition coefficient (Wildman–Crippen LogP) is 5.12. The number of nitrogens with zero attached hydrogens (tertiary/aromatic N) is 1. The molecule has 12 nitrogen and oxygen atoms in total. The molecule has 0 bridgehead atoms. The van der Waals surface area contributed by atoms with Crippen LogP contribution in [0.2, 0.25) is 0 Å². The number of aliphatic hydroxyl groups excluding tert-OH is 1. The van der Waals surface area contributed by atoms with E-state index in [-0.39, 0.29) is 36.6 Å². The quantitative estimate of drug-likeness (QED) is 0.253. The second-order valence-corrected chi connectivity index (χ2v) is 14.1. The molecule has 2 N–H and O–H groups in total. The highest BCUT2D eigenvalue weighted by molar-refractivity contribution is 5.68. The van der Waals surface area contributed by atoms with Crippen LogP contribution < -0.4 is 15.7 Å². The van der Waals surface area contributed by atoms with Crippen LogP contribution in [0.1, 0.15) is 71.1 Å². The van der Waals surface area contributed by atoms with Crippen LogP contribution in [0.3, 0.4) is 0 Å². The molecule has 12 heteroatoms. The van der Waals surface area contributed by atoms with Crippen LogP contribution in [0.4, 0.5) is 4.79 Å². The molecular formula is C37H42N2O10. The summed E-state index contributed by atoms with van der Waals surface area (Å²) in [7, 11) is 0. The molecule has 260 valence electrons. The zero-order valence-corrected chi connectivity index (χ0v) is 28.3. The number of fused-ring (bicyclic) bond motifs is 4. The van der Waals surface area contributed by atoms with Gasteiger partial charge in [0.05, 0.1) is 6.10 Å². The largest absolute Gasteiger partial charge is 0.482 e. The standard InChI is InChI=1S/C37H42N2O10/c1-21(40)45-20-36(4)27-17-29(48-34(44)39-18-23-10-7-6-8-11-23)37(5)32(35(27,3)14-13-28(36)46-22(2)41)31(42)30-26(49-37)16-25(47-33(30)43)24-12-9-15-38-19-24/h6-12,15-16,19,27-29,31-32,42H,13-14,17-18,20H2,1-5H3,(H,39,44)/t27?,28-,29-,31?,32?,35-,36-,37+/m0/s1. The SMILES string of the molecule is CC(=O)OC[C@@]1(C)C2C[C@H](OC(=O)NCc3ccccc3)[C@@]3(C)Oc4cc(-c5cccnc5)oc(=O)c4C(O)C3[C@@]2(C)CC[C@@H]1OC(C)=O. The number of hydrogen-bond acceptors (Lipinski definition) is 11. The number of carbonyl (C=O) groups is 3. The van der Waals surface area contributed by atoms with Gasteiger partial charge < -0.3 is 33.8 Å². The molecule has 2 aliphatic carbocycles. The summed E-state index contributed by atoms with van der Waals surface area (Å²) in [5, 5.41) is 15.1. The van der Waals surface area contributed by atoms with Crippen molar-refractivity contribution in [3.63, 3.8) is 0 Å². The molecule has 1 amide bonds. The van der Waals surface area contributed by atoms with Gasteiger partial charge in [-0.25, -0.2) is 9.59 Å². The van der Waals surface area contributed by atoms with E-state index in [0.717, 1.165) is 5.56 Å². The topological polar surface area (TPSA) is 163 Å². The van der Waals surface area contributed by atoms with Gasteiger partial charge in [0.2, 0.25) is 0 Å². The van der Waals surface area contributed by atoms with Crippen LogP contribution in [-0.2, 0) is 30.3 Å². The number of nitrogens with one attached hydrogen (secondary N) is 1. The number of aromatic nitrogens is 1. The minimum Gasteiger partial charge on any atom is -0.482 e. The molecule has 2 fully saturated rings. The molecule has 1 aliphatic heterocycles. The first-order valence-electron chi connectivity index (χ1n) is 16.5. The highest BCUT2D eigenvalue weighted by Crippen LogP contribution is 2.67. The highest BCUT2D eigenvalue weighted by Gasteiger charge is 2.71. The zero-order chi connectivity index (χ0) is 35.1. The summed E-state index contributed by atoms with van der Waals surface area (Å²) < 4.78 is 30.1. The summed E-state index contributed by atoms with van der Waals surface area (Å²) in [6, 6.07) is 14.4. The van der Waals surface area contributed by atoms with Crippen molar-refractivity contribution >= 4 is 18.0 Å². The van der Waals surface area contributed by atoms with Gasteiger partial charge in [-0.2, -0.15) is 0 Å². The predicted molar refractivity (Wildman–Crippen MR) is 175 cm³/mol. The van der Waals surface area contributed by atoms with E-state index in [1.54, 1.807) is 37.5 Å². The van der Waals surface area contributed by atoms with Gasteiger partial charge in [0.15, 0.2) is 0 Å². The number of hydrogen-bond donors (Lipinski definition) is 2. The van der Waals surface area contributed by atoms with Crippen molar-refractivity contribution in [2.75, 3.05) is 6.61 Å². The maximum atomic E-state index is 13.6. The summed E-state index contributed by atoms with van der Waals surface area (Å²) in [6.45, 7) is 8.46. The smallest absolute Gasteiger partial charge is 0.407 e. The summed E-state index contributed by atoms with van der Waals surface area (Å²) in [6.07, 6.45) is 0.548. The first kappa shape index (κ1) is 34.2. The van der Waals surface area contributed by atoms with Crippen molar-refractivity contribution in [2.45, 2.75) is 84.3 Å². The molecule has 3 unspecified atom stereocenters. The van der Waals surface area contributed by atoms with Crippen molar-refractivity contribution in [3.8, 4) is 17.1 Å². The summed E-state index contributed by atoms with van der Waals surface area (Å²) in [5.41, 5.74) is -2.45. The fourth-order valence-electron chi connectivity index (χ4n) is 8.78. The number of rotatable bonds is 7. The summed E-state index contributed by atoms with van der Waals surface area (Å²) in [4.78, 5) is 55.6. The lowest BCUT2D eigenvalue weighted by atomic mass is 9.42. The molecule has 2 aromatic heterocycles. The molecule has 3 heterocycles. The van der Waals surface area contributed by atoms with E-state index < -0.39 is 70.2 Å². The first-order chi connectivity index (χ1) is 23.3. The monoisotopic (exact) mass is 674 g/mol. The van der Waals surface area contributed by atoms with Crippen molar-refractivity contribution in [3.05, 3.63) is 82.5 Å². The normalized spacial score (nSPS) is 31.5. The van der Waals surface area contributed by atoms with Crippen LogP contribution in [0, 0.1) is 22.7 Å². The number of esters is 2. The van der Waals surface area contributed by atoms with Gasteiger partial charge in [0, 0.05) is 55.7 Å². The minimum absolute atomic E-state index is 0.0342. The molecule has 8 atom stereocenters. The molecule has 2 saturated carbocycles. The molecule has 3 aliphatic rings. The van der Waals surface area contributed by atoms with E-state index >= 15 is 0 Å². The number of aliphatic hydroxyl groups is 1. The van der Waals surface area contributed by atoms with E-state index in [9.17, 15) is 24.3 Å². The fraction of sp³-hybridized carbons (Fsp3) is 0.486. The second kappa shape index (κ2) is 13.0. The average Bonchev–Trinajstić information content (AvgIpc) is 3.05. The van der Waals surface area contributed by atoms with Crippen molar-refractivity contribution in [1.82, 2.24) is 10.3 Å². The molecule has 6 rings (SSSR count). The van der Waals surface area contributed by atoms with Crippen LogP contribution in [0.25, 0.3) is 11.3 Å². The molecule has 49 heavy (non-hydrogen) atoms. The number of ether oxygens (including phenoxy) is 4. The van der Waals surface area contributed by atoms with Crippen LogP contribution in [-0.4, -0.2) is 52.5 Å². The van der Waals surface area contributed by atoms with E-state index in [1.165, 1.54) is 13.8 Å². The van der Waals surface area contributed by atoms with E-state index in [4.69, 9.17) is 23.4 Å². The Morgan fingerprint density at radius 1 is 1.02 bits per heavy atom. The van der Waals surface area contributed by atoms with Gasteiger partial charge >= 0.3 is 23.7 Å². The Hall–Kier alpha value is -4.71. The molecule has 3 aromatic rings. The van der Waals surface area contributed by atoms with E-state index in [0.29, 0.717) is 18.4 Å². The number of amides is 1. The lowest BCUT2D eigenvalue weighted by molar-refractivity contribution is -0.266. The number of alkyl carbamates (subject to hydrolysis) is 1. The third-order valence-corrected chi connectivity index (χ3v) is 11.0. The summed E-state index contributed by atoms with van der Waals surface area (Å²) in [5.74, 6) is -1.89. The Morgan fingerprint density at radius 3 is 2.45 bits per heavy atom. The third-order valence-electron chi connectivity index (χ3n) is 11.0. The van der Waals surface area contributed by atoms with E-state index in [2.05, 4.69) is 10.3 Å². The van der Waals surface area contributed by atoms with Crippen molar-refractivity contribution in [1.29, 1.82) is 0 Å². The summed E-state index contributed by atoms with van der Waals surface area (Å²) >= 11 is 0. The van der Waals surface area contributed by atoms with Gasteiger partial charge in [0.25, 0.3) is 0 Å². The highest BCUT2D eigenvalue weighted by atomic mass is 16.6. The Kier molecular flexibility index (Phi) is 9.04. The first-order valence-corrected chi connectivity index (χ1v) is 16.5. The maximum Gasteiger partial charge on any atom is 0.407 e. The number of carbonyl (C=O) groups excluding carboxylic acids is 3. The van der Waals surface area contributed by atoms with Crippen LogP contribution >= 0.6 is 0 Å². The molecule has 0 saturated heterocycles. The zero-order valence-electron chi connectivity index (χ0n) is 28.3. The second-order valence-electron chi connectivity index (χ2n) is 14.1. The molecule has 0 radical (unpaired) electrons. The Balaban J connectivity index is 1.45. The van der Waals surface area contributed by atoms with Gasteiger partial charge in [-0.05, 0) is 55.2 Å². The Bertz CT molecular complexity index is 1780. The van der Waals surface area contributed by atoms with Crippen molar-refractivity contribution in [2.24, 2.45) is 22.7 Å². The maximum absolute atomic E-state index is 13.6. The van der Waals surface area contributed by atoms with E-state index in [1.807, 2.05) is 44.2 Å². The van der Waals surface area contributed by atoms with Gasteiger partial charge in [-0.3, -0.25) is 14.6 Å². The average molecular weight is 675 g/mol. The fourth-order valence-corrected chi connectivity index (χ4v) is 8.78. The van der Waals surface area contributed by atoms with Gasteiger partial charge in [-0.15, -0.1) is 0 Å². The lowest BCUT2D eigenvalue weighted by Gasteiger charge is -2.66. The molecule has 0 spiro atoms. The van der Waals surface area contributed by atoms with Crippen LogP contribution in [0.15, 0.2) is 70.1 Å². The molecule has 1 aromatic carbocycles. The number of pyridine rings is 1. The van der Waals surface area contributed by atoms with Crippen molar-refractivity contribution < 1.29 is 42.9 Å². The third kappa shape index (κ3) is 6.18. The minimum atomic E-state index is -1.39. The Labute approximate surface area is 284 Å². The lowest BCUT2D eigenvalue weighted by Crippen LogP contribution is -2.71.